The van der Waals surface area contributed by atoms with Gasteiger partial charge in [-0.25, -0.2) is 0 Å². The first kappa shape index (κ1) is 12.8. The van der Waals surface area contributed by atoms with Crippen LogP contribution in [-0.4, -0.2) is 6.61 Å². The Labute approximate surface area is 99.1 Å². The third-order valence-corrected chi connectivity index (χ3v) is 2.63. The van der Waals surface area contributed by atoms with Crippen molar-refractivity contribution in [2.75, 3.05) is 6.61 Å². The predicted octanol–water partition coefficient (Wildman–Crippen LogP) is 4.68. The van der Waals surface area contributed by atoms with Crippen LogP contribution in [0.5, 0.6) is 5.75 Å². The highest BCUT2D eigenvalue weighted by Gasteiger charge is 1.93. The van der Waals surface area contributed by atoms with Gasteiger partial charge in [0.2, 0.25) is 0 Å². The van der Waals surface area contributed by atoms with Gasteiger partial charge >= 0.3 is 0 Å². The molecule has 1 heteroatoms. The number of unbranched alkanes of at least 4 members (excludes halogenated alkanes) is 4. The summed E-state index contributed by atoms with van der Waals surface area (Å²) in [5.41, 5.74) is 1.13. The fraction of sp³-hybridized carbons (Fsp3) is 0.467. The van der Waals surface area contributed by atoms with Crippen molar-refractivity contribution in [3.63, 3.8) is 0 Å². The zero-order chi connectivity index (χ0) is 11.6. The van der Waals surface area contributed by atoms with Gasteiger partial charge in [0.25, 0.3) is 0 Å². The molecule has 0 N–H and O–H groups in total. The zero-order valence-corrected chi connectivity index (χ0v) is 10.2. The van der Waals surface area contributed by atoms with Gasteiger partial charge in [-0.05, 0) is 24.1 Å². The summed E-state index contributed by atoms with van der Waals surface area (Å²) in [6.07, 6.45) is 8.24. The third-order valence-electron chi connectivity index (χ3n) is 2.63. The lowest BCUT2D eigenvalue weighted by Crippen LogP contribution is -1.97. The highest BCUT2D eigenvalue weighted by molar-refractivity contribution is 5.48. The van der Waals surface area contributed by atoms with Crippen LogP contribution < -0.4 is 4.74 Å². The normalized spacial score (nSPS) is 10.1. The number of rotatable bonds is 8. The molecule has 16 heavy (non-hydrogen) atoms. The average Bonchev–Trinajstić information content (AvgIpc) is 2.34. The molecule has 0 aliphatic carbocycles. The maximum absolute atomic E-state index is 5.65. The van der Waals surface area contributed by atoms with Crippen molar-refractivity contribution in [2.24, 2.45) is 0 Å². The van der Waals surface area contributed by atoms with Gasteiger partial charge in [0, 0.05) is 0 Å². The molecule has 0 unspecified atom stereocenters. The lowest BCUT2D eigenvalue weighted by molar-refractivity contribution is 0.304. The zero-order valence-electron chi connectivity index (χ0n) is 10.2. The maximum atomic E-state index is 5.65. The van der Waals surface area contributed by atoms with Gasteiger partial charge in [0.15, 0.2) is 0 Å². The lowest BCUT2D eigenvalue weighted by Gasteiger charge is -2.06. The van der Waals surface area contributed by atoms with Gasteiger partial charge in [-0.15, -0.1) is 0 Å². The molecule has 1 aromatic carbocycles. The summed E-state index contributed by atoms with van der Waals surface area (Å²) in [5, 5.41) is 0. The van der Waals surface area contributed by atoms with Crippen LogP contribution >= 0.6 is 0 Å². The largest absolute Gasteiger partial charge is 0.494 e. The molecule has 0 radical (unpaired) electrons. The van der Waals surface area contributed by atoms with Gasteiger partial charge in [-0.1, -0.05) is 57.4 Å². The summed E-state index contributed by atoms with van der Waals surface area (Å²) in [6.45, 7) is 6.79. The molecule has 0 fully saturated rings. The molecule has 0 heterocycles. The van der Waals surface area contributed by atoms with E-state index in [1.807, 2.05) is 30.3 Å². The standard InChI is InChI=1S/C15H22O/c1-3-5-6-7-8-13-16-15-11-9-14(4-2)10-12-15/h4,9-12H,2-3,5-8,13H2,1H3. The van der Waals surface area contributed by atoms with Gasteiger partial charge < -0.3 is 4.74 Å². The second kappa shape index (κ2) is 7.98. The smallest absolute Gasteiger partial charge is 0.119 e. The van der Waals surface area contributed by atoms with Crippen molar-refractivity contribution in [1.29, 1.82) is 0 Å². The highest BCUT2D eigenvalue weighted by atomic mass is 16.5. The van der Waals surface area contributed by atoms with E-state index in [4.69, 9.17) is 4.74 Å². The predicted molar refractivity (Wildman–Crippen MR) is 70.8 cm³/mol. The van der Waals surface area contributed by atoms with Crippen molar-refractivity contribution in [3.8, 4) is 5.75 Å². The maximum Gasteiger partial charge on any atom is 0.119 e. The lowest BCUT2D eigenvalue weighted by atomic mass is 10.2. The second-order valence-corrected chi connectivity index (χ2v) is 4.04. The highest BCUT2D eigenvalue weighted by Crippen LogP contribution is 2.13. The number of ether oxygens (including phenoxy) is 1. The molecular formula is C15H22O. The summed E-state index contributed by atoms with van der Waals surface area (Å²) in [5.74, 6) is 0.959. The fourth-order valence-electron chi connectivity index (χ4n) is 1.60. The van der Waals surface area contributed by atoms with E-state index in [1.54, 1.807) is 0 Å². The van der Waals surface area contributed by atoms with Crippen molar-refractivity contribution in [2.45, 2.75) is 39.0 Å². The minimum Gasteiger partial charge on any atom is -0.494 e. The third kappa shape index (κ3) is 5.01. The first-order valence-electron chi connectivity index (χ1n) is 6.22. The molecule has 1 nitrogen and oxygen atoms in total. The number of benzene rings is 1. The fourth-order valence-corrected chi connectivity index (χ4v) is 1.60. The monoisotopic (exact) mass is 218 g/mol. The molecule has 0 atom stereocenters. The SMILES string of the molecule is C=Cc1ccc(OCCCCCCC)cc1. The van der Waals surface area contributed by atoms with Crippen LogP contribution in [0.3, 0.4) is 0 Å². The molecule has 0 bridgehead atoms. The van der Waals surface area contributed by atoms with Crippen molar-refractivity contribution < 1.29 is 4.74 Å². The first-order valence-corrected chi connectivity index (χ1v) is 6.22. The minimum atomic E-state index is 0.831. The van der Waals surface area contributed by atoms with E-state index in [0.717, 1.165) is 24.3 Å². The minimum absolute atomic E-state index is 0.831. The summed E-state index contributed by atoms with van der Waals surface area (Å²) in [7, 11) is 0. The topological polar surface area (TPSA) is 9.23 Å². The molecule has 0 aliphatic rings. The summed E-state index contributed by atoms with van der Waals surface area (Å²) >= 11 is 0. The molecule has 1 aromatic rings. The Kier molecular flexibility index (Phi) is 6.39. The quantitative estimate of drug-likeness (QED) is 0.576. The van der Waals surface area contributed by atoms with Crippen LogP contribution in [0.1, 0.15) is 44.6 Å². The Balaban J connectivity index is 2.14. The van der Waals surface area contributed by atoms with Crippen LogP contribution in [0.25, 0.3) is 6.08 Å². The van der Waals surface area contributed by atoms with E-state index >= 15 is 0 Å². The van der Waals surface area contributed by atoms with Crippen LogP contribution in [0, 0.1) is 0 Å². The van der Waals surface area contributed by atoms with Gasteiger partial charge in [0.05, 0.1) is 6.61 Å². The number of hydrogen-bond acceptors (Lipinski definition) is 1. The molecule has 0 aliphatic heterocycles. The van der Waals surface area contributed by atoms with E-state index in [2.05, 4.69) is 13.5 Å². The van der Waals surface area contributed by atoms with Crippen LogP contribution in [0.2, 0.25) is 0 Å². The number of hydrogen-bond donors (Lipinski definition) is 0. The molecule has 0 aromatic heterocycles. The van der Waals surface area contributed by atoms with Crippen LogP contribution in [0.4, 0.5) is 0 Å². The van der Waals surface area contributed by atoms with Crippen molar-refractivity contribution in [1.82, 2.24) is 0 Å². The molecule has 0 spiro atoms. The molecular weight excluding hydrogens is 196 g/mol. The molecule has 0 saturated carbocycles. The van der Waals surface area contributed by atoms with E-state index in [9.17, 15) is 0 Å². The molecule has 0 saturated heterocycles. The Morgan fingerprint density at radius 2 is 1.75 bits per heavy atom. The van der Waals surface area contributed by atoms with E-state index < -0.39 is 0 Å². The summed E-state index contributed by atoms with van der Waals surface area (Å²) in [4.78, 5) is 0. The molecule has 0 amide bonds. The van der Waals surface area contributed by atoms with E-state index in [-0.39, 0.29) is 0 Å². The van der Waals surface area contributed by atoms with E-state index in [1.165, 1.54) is 25.7 Å². The van der Waals surface area contributed by atoms with Gasteiger partial charge in [-0.3, -0.25) is 0 Å². The molecule has 88 valence electrons. The Hall–Kier alpha value is -1.24. The summed E-state index contributed by atoms with van der Waals surface area (Å²) < 4.78 is 5.65. The summed E-state index contributed by atoms with van der Waals surface area (Å²) in [6, 6.07) is 8.06. The Bertz CT molecular complexity index is 287. The van der Waals surface area contributed by atoms with Crippen LogP contribution in [0.15, 0.2) is 30.8 Å². The molecule has 1 rings (SSSR count). The average molecular weight is 218 g/mol. The Morgan fingerprint density at radius 1 is 1.06 bits per heavy atom. The Morgan fingerprint density at radius 3 is 2.38 bits per heavy atom. The van der Waals surface area contributed by atoms with E-state index in [0.29, 0.717) is 0 Å². The van der Waals surface area contributed by atoms with Gasteiger partial charge in [-0.2, -0.15) is 0 Å². The van der Waals surface area contributed by atoms with Crippen molar-refractivity contribution in [3.05, 3.63) is 36.4 Å². The second-order valence-electron chi connectivity index (χ2n) is 4.04. The van der Waals surface area contributed by atoms with Crippen molar-refractivity contribution >= 4 is 6.08 Å². The van der Waals surface area contributed by atoms with Crippen LogP contribution in [-0.2, 0) is 0 Å². The first-order chi connectivity index (χ1) is 7.86. The van der Waals surface area contributed by atoms with Gasteiger partial charge in [0.1, 0.15) is 5.75 Å².